The Kier molecular flexibility index (Phi) is 4.61. The van der Waals surface area contributed by atoms with E-state index in [0.29, 0.717) is 5.69 Å². The van der Waals surface area contributed by atoms with E-state index in [1.807, 2.05) is 40.7 Å². The zero-order valence-electron chi connectivity index (χ0n) is 14.9. The van der Waals surface area contributed by atoms with E-state index in [9.17, 15) is 8.42 Å². The molecule has 1 aromatic rings. The van der Waals surface area contributed by atoms with Crippen LogP contribution in [0.15, 0.2) is 18.2 Å². The summed E-state index contributed by atoms with van der Waals surface area (Å²) in [6.45, 7) is 13.2. The smallest absolute Gasteiger partial charge is 0.399 e. The van der Waals surface area contributed by atoms with Crippen molar-refractivity contribution in [2.75, 3.05) is 4.72 Å². The van der Waals surface area contributed by atoms with E-state index in [1.54, 1.807) is 26.0 Å². The highest BCUT2D eigenvalue weighted by atomic mass is 32.2. The molecular formula is C16H26BNO4S. The number of benzene rings is 1. The first kappa shape index (κ1) is 18.3. The van der Waals surface area contributed by atoms with Crippen LogP contribution in [0.3, 0.4) is 0 Å². The van der Waals surface area contributed by atoms with Crippen molar-refractivity contribution in [3.63, 3.8) is 0 Å². The molecule has 1 aliphatic heterocycles. The van der Waals surface area contributed by atoms with Crippen molar-refractivity contribution in [1.82, 2.24) is 0 Å². The summed E-state index contributed by atoms with van der Waals surface area (Å²) in [7, 11) is -3.89. The van der Waals surface area contributed by atoms with Gasteiger partial charge in [-0.2, -0.15) is 0 Å². The molecule has 0 bridgehead atoms. The maximum absolute atomic E-state index is 12.0. The first-order valence-electron chi connectivity index (χ1n) is 7.83. The van der Waals surface area contributed by atoms with Crippen molar-refractivity contribution in [3.05, 3.63) is 23.8 Å². The van der Waals surface area contributed by atoms with Crippen LogP contribution in [0.2, 0.25) is 0 Å². The lowest BCUT2D eigenvalue weighted by Gasteiger charge is -2.32. The monoisotopic (exact) mass is 339 g/mol. The number of aryl methyl sites for hydroxylation is 1. The number of hydrogen-bond donors (Lipinski definition) is 1. The number of sulfonamides is 1. The second-order valence-electron chi connectivity index (χ2n) is 7.36. The molecule has 1 heterocycles. The Morgan fingerprint density at radius 3 is 2.09 bits per heavy atom. The molecule has 0 amide bonds. The van der Waals surface area contributed by atoms with E-state index in [2.05, 4.69) is 4.72 Å². The van der Waals surface area contributed by atoms with Gasteiger partial charge in [-0.25, -0.2) is 8.42 Å². The predicted molar refractivity (Wildman–Crippen MR) is 94.6 cm³/mol. The molecule has 7 heteroatoms. The minimum Gasteiger partial charge on any atom is -0.399 e. The van der Waals surface area contributed by atoms with Gasteiger partial charge in [0, 0.05) is 5.69 Å². The molecule has 1 aromatic carbocycles. The van der Waals surface area contributed by atoms with Crippen molar-refractivity contribution in [1.29, 1.82) is 0 Å². The average molecular weight is 339 g/mol. The van der Waals surface area contributed by atoms with Crippen LogP contribution >= 0.6 is 0 Å². The van der Waals surface area contributed by atoms with E-state index >= 15 is 0 Å². The van der Waals surface area contributed by atoms with Gasteiger partial charge in [-0.3, -0.25) is 4.72 Å². The van der Waals surface area contributed by atoms with Crippen LogP contribution in [0.4, 0.5) is 5.69 Å². The van der Waals surface area contributed by atoms with Gasteiger partial charge in [-0.15, -0.1) is 0 Å². The Bertz CT molecular complexity index is 682. The maximum atomic E-state index is 12.0. The minimum atomic E-state index is -3.38. The molecular weight excluding hydrogens is 313 g/mol. The molecule has 0 aliphatic carbocycles. The molecule has 23 heavy (non-hydrogen) atoms. The molecule has 1 saturated heterocycles. The fraction of sp³-hybridized carbons (Fsp3) is 0.625. The van der Waals surface area contributed by atoms with Gasteiger partial charge in [0.15, 0.2) is 0 Å². The van der Waals surface area contributed by atoms with E-state index in [-0.39, 0.29) is 0 Å². The first-order chi connectivity index (χ1) is 10.4. The van der Waals surface area contributed by atoms with Crippen LogP contribution in [-0.4, -0.2) is 32.0 Å². The Hall–Kier alpha value is -1.05. The molecule has 2 rings (SSSR count). The number of rotatable bonds is 4. The zero-order valence-corrected chi connectivity index (χ0v) is 15.7. The summed E-state index contributed by atoms with van der Waals surface area (Å²) in [6, 6.07) is 5.42. The third-order valence-electron chi connectivity index (χ3n) is 4.67. The molecule has 1 N–H and O–H groups in total. The average Bonchev–Trinajstić information content (AvgIpc) is 2.60. The third kappa shape index (κ3) is 3.57. The summed E-state index contributed by atoms with van der Waals surface area (Å²) in [6.07, 6.45) is 0. The van der Waals surface area contributed by atoms with E-state index in [1.165, 1.54) is 0 Å². The van der Waals surface area contributed by atoms with Gasteiger partial charge in [0.1, 0.15) is 0 Å². The highest BCUT2D eigenvalue weighted by Gasteiger charge is 2.52. The van der Waals surface area contributed by atoms with Gasteiger partial charge < -0.3 is 9.31 Å². The Morgan fingerprint density at radius 2 is 1.61 bits per heavy atom. The molecule has 0 spiro atoms. The van der Waals surface area contributed by atoms with Crippen molar-refractivity contribution in [2.45, 2.75) is 64.9 Å². The van der Waals surface area contributed by atoms with Crippen LogP contribution in [-0.2, 0) is 19.3 Å². The first-order valence-corrected chi connectivity index (χ1v) is 9.38. The standard InChI is InChI=1S/C16H26BNO4S/c1-11(2)23(19,20)18-13-9-8-12(3)14(10-13)17-21-15(4,5)16(6,7)22-17/h8-11,18H,1-7H3. The van der Waals surface area contributed by atoms with Crippen LogP contribution < -0.4 is 10.2 Å². The normalized spacial score (nSPS) is 20.1. The summed E-state index contributed by atoms with van der Waals surface area (Å²) in [4.78, 5) is 0. The lowest BCUT2D eigenvalue weighted by Crippen LogP contribution is -2.41. The quantitative estimate of drug-likeness (QED) is 0.856. The number of nitrogens with one attached hydrogen (secondary N) is 1. The van der Waals surface area contributed by atoms with Crippen LogP contribution in [0, 0.1) is 6.92 Å². The molecule has 0 unspecified atom stereocenters. The molecule has 1 aliphatic rings. The summed E-state index contributed by atoms with van der Waals surface area (Å²) >= 11 is 0. The van der Waals surface area contributed by atoms with Crippen molar-refractivity contribution >= 4 is 28.3 Å². The topological polar surface area (TPSA) is 64.6 Å². The van der Waals surface area contributed by atoms with Gasteiger partial charge in [-0.1, -0.05) is 11.6 Å². The largest absolute Gasteiger partial charge is 0.495 e. The Labute approximate surface area is 140 Å². The second kappa shape index (κ2) is 5.79. The number of hydrogen-bond acceptors (Lipinski definition) is 4. The van der Waals surface area contributed by atoms with Crippen molar-refractivity contribution < 1.29 is 17.7 Å². The summed E-state index contributed by atoms with van der Waals surface area (Å²) < 4.78 is 38.8. The molecule has 0 aromatic heterocycles. The summed E-state index contributed by atoms with van der Waals surface area (Å²) in [5, 5.41) is -0.496. The van der Waals surface area contributed by atoms with Gasteiger partial charge >= 0.3 is 7.12 Å². The van der Waals surface area contributed by atoms with Gasteiger partial charge in [-0.05, 0) is 66.1 Å². The molecule has 0 radical (unpaired) electrons. The molecule has 5 nitrogen and oxygen atoms in total. The lowest BCUT2D eigenvalue weighted by molar-refractivity contribution is 0.00578. The third-order valence-corrected chi connectivity index (χ3v) is 6.43. The van der Waals surface area contributed by atoms with Crippen LogP contribution in [0.5, 0.6) is 0 Å². The van der Waals surface area contributed by atoms with Crippen LogP contribution in [0.25, 0.3) is 0 Å². The predicted octanol–water partition coefficient (Wildman–Crippen LogP) is 2.44. The van der Waals surface area contributed by atoms with E-state index < -0.39 is 33.6 Å². The second-order valence-corrected chi connectivity index (χ2v) is 9.59. The number of anilines is 1. The SMILES string of the molecule is Cc1ccc(NS(=O)(=O)C(C)C)cc1B1OC(C)(C)C(C)(C)O1. The highest BCUT2D eigenvalue weighted by Crippen LogP contribution is 2.36. The Morgan fingerprint density at radius 1 is 1.09 bits per heavy atom. The van der Waals surface area contributed by atoms with Crippen molar-refractivity contribution in [3.8, 4) is 0 Å². The lowest BCUT2D eigenvalue weighted by atomic mass is 9.76. The van der Waals surface area contributed by atoms with Crippen LogP contribution in [0.1, 0.15) is 47.1 Å². The zero-order chi connectivity index (χ0) is 17.6. The fourth-order valence-corrected chi connectivity index (χ4v) is 2.90. The Balaban J connectivity index is 2.33. The molecule has 0 saturated carbocycles. The summed E-state index contributed by atoms with van der Waals surface area (Å²) in [5.74, 6) is 0. The van der Waals surface area contributed by atoms with E-state index in [0.717, 1.165) is 11.0 Å². The van der Waals surface area contributed by atoms with Gasteiger partial charge in [0.25, 0.3) is 0 Å². The van der Waals surface area contributed by atoms with Gasteiger partial charge in [0.05, 0.1) is 16.5 Å². The summed E-state index contributed by atoms with van der Waals surface area (Å²) in [5.41, 5.74) is 1.49. The minimum absolute atomic E-state index is 0.433. The fourth-order valence-electron chi connectivity index (χ4n) is 2.21. The maximum Gasteiger partial charge on any atom is 0.495 e. The van der Waals surface area contributed by atoms with E-state index in [4.69, 9.17) is 9.31 Å². The molecule has 0 atom stereocenters. The molecule has 128 valence electrons. The van der Waals surface area contributed by atoms with Gasteiger partial charge in [0.2, 0.25) is 10.0 Å². The van der Waals surface area contributed by atoms with Crippen molar-refractivity contribution in [2.24, 2.45) is 0 Å². The molecule has 1 fully saturated rings. The highest BCUT2D eigenvalue weighted by molar-refractivity contribution is 7.93.